The Morgan fingerprint density at radius 3 is 2.58 bits per heavy atom. The lowest BCUT2D eigenvalue weighted by molar-refractivity contribution is -0.120. The van der Waals surface area contributed by atoms with Gasteiger partial charge >= 0.3 is 0 Å². The molecule has 0 saturated carbocycles. The van der Waals surface area contributed by atoms with Crippen LogP contribution in [0.3, 0.4) is 0 Å². The van der Waals surface area contributed by atoms with Crippen LogP contribution in [0.15, 0.2) is 36.4 Å². The van der Waals surface area contributed by atoms with Gasteiger partial charge in [-0.25, -0.2) is 0 Å². The Kier molecular flexibility index (Phi) is 5.33. The lowest BCUT2D eigenvalue weighted by Gasteiger charge is -2.34. The predicted octanol–water partition coefficient (Wildman–Crippen LogP) is 3.41. The van der Waals surface area contributed by atoms with Gasteiger partial charge in [-0.15, -0.1) is 0 Å². The quantitative estimate of drug-likeness (QED) is 0.917. The number of fused-ring (bicyclic) bond motifs is 1. The molecule has 26 heavy (non-hydrogen) atoms. The number of amides is 1. The van der Waals surface area contributed by atoms with Crippen molar-refractivity contribution >= 4 is 11.6 Å². The van der Waals surface area contributed by atoms with Gasteiger partial charge in [0, 0.05) is 12.2 Å². The van der Waals surface area contributed by atoms with Crippen LogP contribution in [0.4, 0.5) is 5.69 Å². The molecule has 2 atom stereocenters. The van der Waals surface area contributed by atoms with Crippen molar-refractivity contribution in [3.63, 3.8) is 0 Å². The second kappa shape index (κ2) is 7.50. The van der Waals surface area contributed by atoms with E-state index in [0.717, 1.165) is 41.1 Å². The topological polar surface area (TPSA) is 55.6 Å². The third-order valence-electron chi connectivity index (χ3n) is 5.26. The van der Waals surface area contributed by atoms with Crippen LogP contribution in [-0.4, -0.2) is 25.6 Å². The maximum atomic E-state index is 13.1. The first-order valence-corrected chi connectivity index (χ1v) is 9.19. The number of hydrogen-bond acceptors (Lipinski definition) is 3. The normalized spacial score (nSPS) is 17.6. The maximum Gasteiger partial charge on any atom is 0.244 e. The van der Waals surface area contributed by atoms with E-state index in [9.17, 15) is 4.79 Å². The molecule has 4 nitrogen and oxygen atoms in total. The number of nitrogens with two attached hydrogens (primary N) is 1. The number of carbonyl (C=O) groups excluding carboxylic acids is 1. The monoisotopic (exact) mass is 352 g/mol. The highest BCUT2D eigenvalue weighted by atomic mass is 16.5. The van der Waals surface area contributed by atoms with E-state index in [1.807, 2.05) is 49.1 Å². The molecular weight excluding hydrogens is 324 g/mol. The molecule has 0 radical (unpaired) electrons. The second-order valence-corrected chi connectivity index (χ2v) is 7.44. The molecular formula is C22H28N2O2. The molecule has 2 N–H and O–H groups in total. The molecule has 2 aromatic carbocycles. The molecule has 1 aliphatic heterocycles. The fourth-order valence-corrected chi connectivity index (χ4v) is 3.91. The minimum atomic E-state index is -0.556. The molecule has 2 aromatic rings. The Hall–Kier alpha value is -2.33. The molecule has 0 spiro atoms. The molecule has 1 unspecified atom stereocenters. The Morgan fingerprint density at radius 1 is 1.27 bits per heavy atom. The van der Waals surface area contributed by atoms with Crippen LogP contribution in [0.2, 0.25) is 0 Å². The van der Waals surface area contributed by atoms with Crippen molar-refractivity contribution in [1.82, 2.24) is 0 Å². The van der Waals surface area contributed by atoms with E-state index in [4.69, 9.17) is 10.5 Å². The fraction of sp³-hybridized carbons (Fsp3) is 0.409. The van der Waals surface area contributed by atoms with Crippen LogP contribution in [0, 0.1) is 19.8 Å². The number of hydrogen-bond donors (Lipinski definition) is 1. The van der Waals surface area contributed by atoms with Gasteiger partial charge in [-0.2, -0.15) is 0 Å². The maximum absolute atomic E-state index is 13.1. The molecule has 0 bridgehead atoms. The number of benzene rings is 2. The summed E-state index contributed by atoms with van der Waals surface area (Å²) in [6.07, 6.45) is 1.54. The first kappa shape index (κ1) is 18.5. The Labute approximate surface area is 156 Å². The largest absolute Gasteiger partial charge is 0.497 e. The molecule has 1 amide bonds. The summed E-state index contributed by atoms with van der Waals surface area (Å²) in [5.74, 6) is 1.27. The molecule has 0 saturated heterocycles. The van der Waals surface area contributed by atoms with Crippen molar-refractivity contribution in [2.75, 3.05) is 18.6 Å². The highest BCUT2D eigenvalue weighted by molar-refractivity contribution is 5.98. The summed E-state index contributed by atoms with van der Waals surface area (Å²) in [6.45, 7) is 6.99. The Bertz CT molecular complexity index is 793. The number of nitrogens with zero attached hydrogens (tertiary/aromatic N) is 1. The van der Waals surface area contributed by atoms with E-state index in [2.05, 4.69) is 13.0 Å². The van der Waals surface area contributed by atoms with E-state index >= 15 is 0 Å². The summed E-state index contributed by atoms with van der Waals surface area (Å²) < 4.78 is 5.32. The number of aryl methyl sites for hydroxylation is 2. The van der Waals surface area contributed by atoms with E-state index in [0.29, 0.717) is 12.3 Å². The van der Waals surface area contributed by atoms with Gasteiger partial charge in [-0.05, 0) is 73.1 Å². The SMILES string of the molecule is COc1cc(C)c(C[C@@H](N)C(=O)N2CC(C)Cc3ccccc32)c(C)c1. The standard InChI is InChI=1S/C22H28N2O2/c1-14-9-17-7-5-6-8-21(17)24(13-14)22(25)20(23)12-19-15(2)10-18(26-4)11-16(19)3/h5-8,10-11,14,20H,9,12-13,23H2,1-4H3/t14?,20-/m1/s1. The molecule has 1 heterocycles. The van der Waals surface area contributed by atoms with Crippen LogP contribution >= 0.6 is 0 Å². The van der Waals surface area contributed by atoms with Crippen molar-refractivity contribution in [2.24, 2.45) is 11.7 Å². The third kappa shape index (κ3) is 3.61. The molecule has 0 aromatic heterocycles. The number of carbonyl (C=O) groups is 1. The summed E-state index contributed by atoms with van der Waals surface area (Å²) in [5, 5.41) is 0. The van der Waals surface area contributed by atoms with Gasteiger partial charge in [0.1, 0.15) is 5.75 Å². The van der Waals surface area contributed by atoms with Crippen molar-refractivity contribution < 1.29 is 9.53 Å². The molecule has 1 aliphatic rings. The van der Waals surface area contributed by atoms with Crippen LogP contribution < -0.4 is 15.4 Å². The third-order valence-corrected chi connectivity index (χ3v) is 5.26. The lowest BCUT2D eigenvalue weighted by atomic mass is 9.92. The molecule has 4 heteroatoms. The smallest absolute Gasteiger partial charge is 0.244 e. The Balaban J connectivity index is 1.83. The number of para-hydroxylation sites is 1. The molecule has 0 fully saturated rings. The van der Waals surface area contributed by atoms with Gasteiger partial charge in [0.15, 0.2) is 0 Å². The molecule has 0 aliphatic carbocycles. The van der Waals surface area contributed by atoms with Crippen molar-refractivity contribution in [3.8, 4) is 5.75 Å². The highest BCUT2D eigenvalue weighted by Crippen LogP contribution is 2.30. The summed E-state index contributed by atoms with van der Waals surface area (Å²) in [5.41, 5.74) is 11.9. The molecule has 138 valence electrons. The number of anilines is 1. The van der Waals surface area contributed by atoms with Gasteiger partial charge in [-0.3, -0.25) is 4.79 Å². The zero-order chi connectivity index (χ0) is 18.8. The molecule has 3 rings (SSSR count). The average Bonchev–Trinajstić information content (AvgIpc) is 2.62. The van der Waals surface area contributed by atoms with E-state index in [-0.39, 0.29) is 5.91 Å². The second-order valence-electron chi connectivity index (χ2n) is 7.44. The average molecular weight is 352 g/mol. The minimum absolute atomic E-state index is 0.00128. The van der Waals surface area contributed by atoms with Gasteiger partial charge in [0.25, 0.3) is 0 Å². The number of rotatable bonds is 4. The lowest BCUT2D eigenvalue weighted by Crippen LogP contribution is -2.48. The van der Waals surface area contributed by atoms with Crippen LogP contribution in [0.1, 0.15) is 29.2 Å². The zero-order valence-electron chi connectivity index (χ0n) is 16.1. The predicted molar refractivity (Wildman–Crippen MR) is 106 cm³/mol. The van der Waals surface area contributed by atoms with E-state index in [1.54, 1.807) is 7.11 Å². The van der Waals surface area contributed by atoms with E-state index in [1.165, 1.54) is 5.56 Å². The summed E-state index contributed by atoms with van der Waals surface area (Å²) in [4.78, 5) is 15.0. The Morgan fingerprint density at radius 2 is 1.92 bits per heavy atom. The fourth-order valence-electron chi connectivity index (χ4n) is 3.91. The zero-order valence-corrected chi connectivity index (χ0v) is 16.1. The van der Waals surface area contributed by atoms with Crippen molar-refractivity contribution in [3.05, 3.63) is 58.7 Å². The minimum Gasteiger partial charge on any atom is -0.497 e. The van der Waals surface area contributed by atoms with Crippen molar-refractivity contribution in [2.45, 2.75) is 39.7 Å². The van der Waals surface area contributed by atoms with Gasteiger partial charge in [0.2, 0.25) is 5.91 Å². The van der Waals surface area contributed by atoms with Crippen LogP contribution in [0.5, 0.6) is 5.75 Å². The summed E-state index contributed by atoms with van der Waals surface area (Å²) >= 11 is 0. The number of methoxy groups -OCH3 is 1. The van der Waals surface area contributed by atoms with Gasteiger partial charge in [-0.1, -0.05) is 25.1 Å². The first-order chi connectivity index (χ1) is 12.4. The summed E-state index contributed by atoms with van der Waals surface area (Å²) in [7, 11) is 1.66. The van der Waals surface area contributed by atoms with E-state index < -0.39 is 6.04 Å². The van der Waals surface area contributed by atoms with Crippen molar-refractivity contribution in [1.29, 1.82) is 0 Å². The number of ether oxygens (including phenoxy) is 1. The van der Waals surface area contributed by atoms with Gasteiger partial charge in [0.05, 0.1) is 13.2 Å². The first-order valence-electron chi connectivity index (χ1n) is 9.19. The van der Waals surface area contributed by atoms with Gasteiger partial charge < -0.3 is 15.4 Å². The highest BCUT2D eigenvalue weighted by Gasteiger charge is 2.29. The van der Waals surface area contributed by atoms with Crippen LogP contribution in [0.25, 0.3) is 0 Å². The summed E-state index contributed by atoms with van der Waals surface area (Å²) in [6, 6.07) is 11.6. The van der Waals surface area contributed by atoms with Crippen LogP contribution in [-0.2, 0) is 17.6 Å².